The minimum atomic E-state index is -0.690. The standard InChI is InChI=1S/C24H28ClF2N3O2/c1-30-15-22(28-13-16-4-2-6-19(25)8-16)7-3-5-18(11-23(30)31)24(32)29-14-17-9-20(26)12-21(27)10-17/h2,4,6,8-10,12,18,22,28H,3,5,7,11,13-15H2,1H3,(H,29,32). The maximum absolute atomic E-state index is 13.4. The van der Waals surface area contributed by atoms with Gasteiger partial charge >= 0.3 is 0 Å². The van der Waals surface area contributed by atoms with Gasteiger partial charge in [-0.3, -0.25) is 9.59 Å². The van der Waals surface area contributed by atoms with Crippen molar-refractivity contribution in [2.24, 2.45) is 5.92 Å². The van der Waals surface area contributed by atoms with Gasteiger partial charge in [0.1, 0.15) is 11.6 Å². The van der Waals surface area contributed by atoms with Crippen molar-refractivity contribution < 1.29 is 18.4 Å². The summed E-state index contributed by atoms with van der Waals surface area (Å²) in [6.07, 6.45) is 2.28. The fourth-order valence-corrected chi connectivity index (χ4v) is 4.16. The Morgan fingerprint density at radius 1 is 1.09 bits per heavy atom. The third-order valence-corrected chi connectivity index (χ3v) is 5.93. The van der Waals surface area contributed by atoms with Gasteiger partial charge in [0.05, 0.1) is 0 Å². The van der Waals surface area contributed by atoms with E-state index in [1.807, 2.05) is 24.3 Å². The maximum Gasteiger partial charge on any atom is 0.223 e. The molecule has 0 saturated carbocycles. The van der Waals surface area contributed by atoms with E-state index in [-0.39, 0.29) is 30.8 Å². The first kappa shape index (κ1) is 24.1. The second kappa shape index (κ2) is 11.4. The van der Waals surface area contributed by atoms with Gasteiger partial charge in [0, 0.05) is 56.2 Å². The summed E-state index contributed by atoms with van der Waals surface area (Å²) >= 11 is 6.05. The van der Waals surface area contributed by atoms with E-state index in [2.05, 4.69) is 10.6 Å². The molecule has 172 valence electrons. The zero-order chi connectivity index (χ0) is 23.1. The first-order chi connectivity index (χ1) is 15.3. The van der Waals surface area contributed by atoms with E-state index in [4.69, 9.17) is 11.6 Å². The van der Waals surface area contributed by atoms with Crippen molar-refractivity contribution in [2.45, 2.75) is 44.8 Å². The topological polar surface area (TPSA) is 61.4 Å². The van der Waals surface area contributed by atoms with E-state index in [0.717, 1.165) is 24.5 Å². The van der Waals surface area contributed by atoms with Crippen LogP contribution in [0, 0.1) is 17.6 Å². The molecule has 2 aromatic carbocycles. The lowest BCUT2D eigenvalue weighted by Gasteiger charge is -2.24. The molecule has 32 heavy (non-hydrogen) atoms. The number of likely N-dealkylation sites (N-methyl/N-ethyl adjacent to an activating group) is 1. The number of carbonyl (C=O) groups excluding carboxylic acids is 2. The molecule has 1 saturated heterocycles. The minimum Gasteiger partial charge on any atom is -0.352 e. The van der Waals surface area contributed by atoms with Crippen LogP contribution in [0.2, 0.25) is 5.02 Å². The second-order valence-corrected chi connectivity index (χ2v) is 8.75. The van der Waals surface area contributed by atoms with Crippen molar-refractivity contribution >= 4 is 23.4 Å². The van der Waals surface area contributed by atoms with Gasteiger partial charge in [-0.15, -0.1) is 0 Å². The fraction of sp³-hybridized carbons (Fsp3) is 0.417. The normalized spacial score (nSPS) is 19.8. The molecule has 0 aromatic heterocycles. The average molecular weight is 464 g/mol. The molecule has 2 aromatic rings. The van der Waals surface area contributed by atoms with E-state index in [1.54, 1.807) is 11.9 Å². The summed E-state index contributed by atoms with van der Waals surface area (Å²) in [6, 6.07) is 10.9. The van der Waals surface area contributed by atoms with E-state index in [9.17, 15) is 18.4 Å². The van der Waals surface area contributed by atoms with Crippen LogP contribution in [0.25, 0.3) is 0 Å². The lowest BCUT2D eigenvalue weighted by atomic mass is 9.96. The van der Waals surface area contributed by atoms with Crippen molar-refractivity contribution in [3.8, 4) is 0 Å². The van der Waals surface area contributed by atoms with Gasteiger partial charge in [0.2, 0.25) is 11.8 Å². The summed E-state index contributed by atoms with van der Waals surface area (Å²) in [6.45, 7) is 1.20. The molecule has 2 N–H and O–H groups in total. The van der Waals surface area contributed by atoms with E-state index in [1.165, 1.54) is 12.1 Å². The number of halogens is 3. The largest absolute Gasteiger partial charge is 0.352 e. The number of hydrogen-bond acceptors (Lipinski definition) is 3. The zero-order valence-electron chi connectivity index (χ0n) is 18.0. The molecular formula is C24H28ClF2N3O2. The summed E-state index contributed by atoms with van der Waals surface area (Å²) in [5.74, 6) is -2.23. The molecule has 3 rings (SSSR count). The summed E-state index contributed by atoms with van der Waals surface area (Å²) < 4.78 is 26.7. The third-order valence-electron chi connectivity index (χ3n) is 5.69. The number of rotatable bonds is 6. The summed E-state index contributed by atoms with van der Waals surface area (Å²) in [7, 11) is 1.74. The highest BCUT2D eigenvalue weighted by atomic mass is 35.5. The van der Waals surface area contributed by atoms with Crippen LogP contribution >= 0.6 is 11.6 Å². The van der Waals surface area contributed by atoms with Crippen molar-refractivity contribution in [3.63, 3.8) is 0 Å². The predicted molar refractivity (Wildman–Crippen MR) is 120 cm³/mol. The molecule has 0 spiro atoms. The summed E-state index contributed by atoms with van der Waals surface area (Å²) in [5, 5.41) is 6.89. The molecule has 0 radical (unpaired) electrons. The van der Waals surface area contributed by atoms with Gasteiger partial charge in [-0.25, -0.2) is 8.78 Å². The number of hydrogen-bond donors (Lipinski definition) is 2. The van der Waals surface area contributed by atoms with E-state index in [0.29, 0.717) is 30.1 Å². The first-order valence-corrected chi connectivity index (χ1v) is 11.1. The second-order valence-electron chi connectivity index (χ2n) is 8.31. The fourth-order valence-electron chi connectivity index (χ4n) is 3.95. The minimum absolute atomic E-state index is 0.0118. The Balaban J connectivity index is 1.56. The van der Waals surface area contributed by atoms with Crippen molar-refractivity contribution in [2.75, 3.05) is 13.6 Å². The SMILES string of the molecule is CN1CC(NCc2cccc(Cl)c2)CCCC(C(=O)NCc2cc(F)cc(F)c2)CC1=O. The number of benzene rings is 2. The monoisotopic (exact) mass is 463 g/mol. The first-order valence-electron chi connectivity index (χ1n) is 10.7. The Morgan fingerprint density at radius 2 is 1.84 bits per heavy atom. The van der Waals surface area contributed by atoms with Crippen molar-refractivity contribution in [3.05, 3.63) is 70.2 Å². The highest BCUT2D eigenvalue weighted by Crippen LogP contribution is 2.20. The predicted octanol–water partition coefficient (Wildman–Crippen LogP) is 4.04. The molecule has 2 amide bonds. The molecule has 0 bridgehead atoms. The Hall–Kier alpha value is -2.51. The van der Waals surface area contributed by atoms with Gasteiger partial charge in [-0.1, -0.05) is 30.2 Å². The van der Waals surface area contributed by atoms with Crippen LogP contribution in [0.3, 0.4) is 0 Å². The van der Waals surface area contributed by atoms with E-state index < -0.39 is 17.6 Å². The lowest BCUT2D eigenvalue weighted by molar-refractivity contribution is -0.135. The van der Waals surface area contributed by atoms with Gasteiger partial charge in [-0.2, -0.15) is 0 Å². The molecule has 1 heterocycles. The Kier molecular flexibility index (Phi) is 8.59. The van der Waals surface area contributed by atoms with E-state index >= 15 is 0 Å². The summed E-state index contributed by atoms with van der Waals surface area (Å²) in [5.41, 5.74) is 1.41. The number of carbonyl (C=O) groups is 2. The molecule has 1 fully saturated rings. The van der Waals surface area contributed by atoms with Gasteiger partial charge in [-0.05, 0) is 48.2 Å². The third kappa shape index (κ3) is 7.28. The van der Waals surface area contributed by atoms with Crippen LogP contribution in [0.15, 0.2) is 42.5 Å². The molecule has 2 unspecified atom stereocenters. The Labute approximate surface area is 192 Å². The van der Waals surface area contributed by atoms with Crippen LogP contribution < -0.4 is 10.6 Å². The smallest absolute Gasteiger partial charge is 0.223 e. The highest BCUT2D eigenvalue weighted by molar-refractivity contribution is 6.30. The average Bonchev–Trinajstić information content (AvgIpc) is 2.80. The van der Waals surface area contributed by atoms with Crippen LogP contribution in [-0.4, -0.2) is 36.3 Å². The number of nitrogens with zero attached hydrogens (tertiary/aromatic N) is 1. The highest BCUT2D eigenvalue weighted by Gasteiger charge is 2.27. The Morgan fingerprint density at radius 3 is 2.56 bits per heavy atom. The lowest BCUT2D eigenvalue weighted by Crippen LogP contribution is -2.41. The van der Waals surface area contributed by atoms with Crippen LogP contribution in [0.4, 0.5) is 8.78 Å². The molecule has 1 aliphatic heterocycles. The molecule has 8 heteroatoms. The Bertz CT molecular complexity index is 936. The van der Waals surface area contributed by atoms with Crippen LogP contribution in [0.1, 0.15) is 36.8 Å². The van der Waals surface area contributed by atoms with Gasteiger partial charge in [0.25, 0.3) is 0 Å². The van der Waals surface area contributed by atoms with Crippen LogP contribution in [0.5, 0.6) is 0 Å². The van der Waals surface area contributed by atoms with Gasteiger partial charge < -0.3 is 15.5 Å². The van der Waals surface area contributed by atoms with Crippen LogP contribution in [-0.2, 0) is 22.7 Å². The van der Waals surface area contributed by atoms with Crippen molar-refractivity contribution in [1.29, 1.82) is 0 Å². The zero-order valence-corrected chi connectivity index (χ0v) is 18.8. The summed E-state index contributed by atoms with van der Waals surface area (Å²) in [4.78, 5) is 27.0. The quantitative estimate of drug-likeness (QED) is 0.679. The maximum atomic E-state index is 13.4. The number of amides is 2. The molecule has 5 nitrogen and oxygen atoms in total. The molecular weight excluding hydrogens is 436 g/mol. The van der Waals surface area contributed by atoms with Gasteiger partial charge in [0.15, 0.2) is 0 Å². The molecule has 0 aliphatic carbocycles. The van der Waals surface area contributed by atoms with Crippen molar-refractivity contribution in [1.82, 2.24) is 15.5 Å². The molecule has 1 aliphatic rings. The number of nitrogens with one attached hydrogen (secondary N) is 2. The molecule has 2 atom stereocenters.